The molecule has 1 aliphatic heterocycles. The minimum absolute atomic E-state index is 0.0444. The third-order valence-corrected chi connectivity index (χ3v) is 3.88. The third kappa shape index (κ3) is 3.44. The van der Waals surface area contributed by atoms with E-state index in [4.69, 9.17) is 4.74 Å². The van der Waals surface area contributed by atoms with Gasteiger partial charge >= 0.3 is 6.01 Å². The molecular weight excluding hydrogens is 266 g/mol. The van der Waals surface area contributed by atoms with Crippen LogP contribution in [0.2, 0.25) is 0 Å². The van der Waals surface area contributed by atoms with Gasteiger partial charge in [0.2, 0.25) is 5.91 Å². The van der Waals surface area contributed by atoms with Gasteiger partial charge in [-0.15, -0.1) is 0 Å². The summed E-state index contributed by atoms with van der Waals surface area (Å²) in [5.74, 6) is 0.917. The Hall–Kier alpha value is -1.63. The average Bonchev–Trinajstić information content (AvgIpc) is 2.78. The van der Waals surface area contributed by atoms with Gasteiger partial charge in [-0.25, -0.2) is 9.97 Å². The van der Waals surface area contributed by atoms with E-state index in [1.165, 1.54) is 25.8 Å². The Labute approximate surface area is 115 Å². The molecule has 1 atom stereocenters. The molecule has 1 saturated heterocycles. The van der Waals surface area contributed by atoms with E-state index < -0.39 is 0 Å². The van der Waals surface area contributed by atoms with E-state index in [0.29, 0.717) is 24.4 Å². The first-order valence-corrected chi connectivity index (χ1v) is 6.88. The number of hydrogen-bond acceptors (Lipinski definition) is 6. The van der Waals surface area contributed by atoms with Crippen LogP contribution in [0.4, 0.5) is 5.69 Å². The third-order valence-electron chi connectivity index (χ3n) is 2.84. The van der Waals surface area contributed by atoms with Gasteiger partial charge in [-0.2, -0.15) is 0 Å². The maximum atomic E-state index is 11.9. The van der Waals surface area contributed by atoms with Crippen LogP contribution in [0.3, 0.4) is 0 Å². The highest BCUT2D eigenvalue weighted by atomic mass is 32.2. The molecule has 7 heteroatoms. The number of rotatable bonds is 4. The van der Waals surface area contributed by atoms with E-state index in [1.54, 1.807) is 17.3 Å². The van der Waals surface area contributed by atoms with Crippen LogP contribution < -0.4 is 9.64 Å². The summed E-state index contributed by atoms with van der Waals surface area (Å²) in [6.07, 6.45) is 3.61. The summed E-state index contributed by atoms with van der Waals surface area (Å²) in [6.45, 7) is 2.14. The first-order valence-electron chi connectivity index (χ1n) is 5.90. The zero-order valence-corrected chi connectivity index (χ0v) is 11.6. The van der Waals surface area contributed by atoms with E-state index in [0.717, 1.165) is 0 Å². The van der Waals surface area contributed by atoms with Crippen molar-refractivity contribution >= 4 is 28.5 Å². The average molecular weight is 281 g/mol. The number of aromatic nitrogens is 2. The van der Waals surface area contributed by atoms with Crippen LogP contribution in [0.1, 0.15) is 13.3 Å². The van der Waals surface area contributed by atoms with Gasteiger partial charge < -0.3 is 9.64 Å². The van der Waals surface area contributed by atoms with Gasteiger partial charge in [0.15, 0.2) is 5.12 Å². The molecule has 1 unspecified atom stereocenters. The van der Waals surface area contributed by atoms with Crippen molar-refractivity contribution in [3.63, 3.8) is 0 Å². The van der Waals surface area contributed by atoms with E-state index in [2.05, 4.69) is 9.97 Å². The van der Waals surface area contributed by atoms with Crippen molar-refractivity contribution in [3.05, 3.63) is 12.4 Å². The van der Waals surface area contributed by atoms with Gasteiger partial charge in [-0.05, 0) is 5.92 Å². The van der Waals surface area contributed by atoms with Gasteiger partial charge in [0.25, 0.3) is 0 Å². The number of anilines is 1. The summed E-state index contributed by atoms with van der Waals surface area (Å²) in [5, 5.41) is 0.0821. The summed E-state index contributed by atoms with van der Waals surface area (Å²) in [6, 6.07) is 0.277. The monoisotopic (exact) mass is 281 g/mol. The molecule has 2 rings (SSSR count). The van der Waals surface area contributed by atoms with Crippen molar-refractivity contribution in [2.75, 3.05) is 24.3 Å². The Morgan fingerprint density at radius 1 is 1.53 bits per heavy atom. The molecule has 1 amide bonds. The highest BCUT2D eigenvalue weighted by Crippen LogP contribution is 2.26. The number of carbonyl (C=O) groups excluding carboxylic acids is 2. The van der Waals surface area contributed by atoms with Crippen LogP contribution in [0, 0.1) is 5.92 Å². The van der Waals surface area contributed by atoms with Gasteiger partial charge in [0, 0.05) is 25.6 Å². The molecule has 0 aromatic carbocycles. The largest absolute Gasteiger partial charge is 0.467 e. The Balaban J connectivity index is 2.00. The fraction of sp³-hybridized carbons (Fsp3) is 0.500. The quantitative estimate of drug-likeness (QED) is 0.823. The van der Waals surface area contributed by atoms with Crippen molar-refractivity contribution in [1.29, 1.82) is 0 Å². The second-order valence-corrected chi connectivity index (χ2v) is 5.50. The molecule has 0 bridgehead atoms. The van der Waals surface area contributed by atoms with Crippen LogP contribution in [0.15, 0.2) is 12.4 Å². The van der Waals surface area contributed by atoms with E-state index >= 15 is 0 Å². The topological polar surface area (TPSA) is 72.4 Å². The maximum absolute atomic E-state index is 11.9. The van der Waals surface area contributed by atoms with Crippen LogP contribution in [-0.4, -0.2) is 40.4 Å². The van der Waals surface area contributed by atoms with Crippen LogP contribution in [0.5, 0.6) is 6.01 Å². The molecule has 19 heavy (non-hydrogen) atoms. The molecule has 6 nitrogen and oxygen atoms in total. The Morgan fingerprint density at radius 3 is 2.79 bits per heavy atom. The van der Waals surface area contributed by atoms with Crippen molar-refractivity contribution in [2.24, 2.45) is 5.92 Å². The summed E-state index contributed by atoms with van der Waals surface area (Å²) in [7, 11) is 1.49. The molecule has 1 aromatic rings. The van der Waals surface area contributed by atoms with Crippen molar-refractivity contribution in [1.82, 2.24) is 9.97 Å². The lowest BCUT2D eigenvalue weighted by atomic mass is 10.1. The van der Waals surface area contributed by atoms with Crippen molar-refractivity contribution < 1.29 is 14.3 Å². The maximum Gasteiger partial charge on any atom is 0.316 e. The number of methoxy groups -OCH3 is 1. The number of nitrogens with zero attached hydrogens (tertiary/aromatic N) is 3. The first kappa shape index (κ1) is 13.8. The Kier molecular flexibility index (Phi) is 4.36. The fourth-order valence-electron chi connectivity index (χ4n) is 1.93. The van der Waals surface area contributed by atoms with Crippen LogP contribution in [0.25, 0.3) is 0 Å². The van der Waals surface area contributed by atoms with Crippen LogP contribution in [-0.2, 0) is 9.59 Å². The van der Waals surface area contributed by atoms with Gasteiger partial charge in [0.1, 0.15) is 0 Å². The highest BCUT2D eigenvalue weighted by molar-refractivity contribution is 8.13. The molecule has 0 spiro atoms. The van der Waals surface area contributed by atoms with Gasteiger partial charge in [-0.1, -0.05) is 11.8 Å². The minimum atomic E-state index is 0.0444. The lowest BCUT2D eigenvalue weighted by molar-refractivity contribution is -0.117. The Bertz CT molecular complexity index is 478. The fourth-order valence-corrected chi connectivity index (χ4v) is 2.63. The second kappa shape index (κ2) is 6.01. The van der Waals surface area contributed by atoms with Crippen molar-refractivity contribution in [3.8, 4) is 6.01 Å². The molecule has 0 aliphatic carbocycles. The molecule has 102 valence electrons. The minimum Gasteiger partial charge on any atom is -0.467 e. The molecule has 2 heterocycles. The lowest BCUT2D eigenvalue weighted by Crippen LogP contribution is -2.25. The highest BCUT2D eigenvalue weighted by Gasteiger charge is 2.31. The molecule has 1 aliphatic rings. The summed E-state index contributed by atoms with van der Waals surface area (Å²) in [5.41, 5.74) is 0.668. The molecule has 0 saturated carbocycles. The number of amides is 1. The summed E-state index contributed by atoms with van der Waals surface area (Å²) < 4.78 is 4.88. The summed E-state index contributed by atoms with van der Waals surface area (Å²) in [4.78, 5) is 32.5. The molecule has 0 radical (unpaired) electrons. The number of carbonyl (C=O) groups is 2. The smallest absolute Gasteiger partial charge is 0.316 e. The molecule has 1 aromatic heterocycles. The molecule has 1 fully saturated rings. The predicted molar refractivity (Wildman–Crippen MR) is 72.2 cm³/mol. The van der Waals surface area contributed by atoms with E-state index in [-0.39, 0.29) is 23.0 Å². The van der Waals surface area contributed by atoms with Gasteiger partial charge in [0.05, 0.1) is 25.2 Å². The molecule has 0 N–H and O–H groups in total. The zero-order chi connectivity index (χ0) is 13.8. The normalized spacial score (nSPS) is 18.7. The first-order chi connectivity index (χ1) is 9.10. The van der Waals surface area contributed by atoms with Crippen LogP contribution >= 0.6 is 11.8 Å². The zero-order valence-electron chi connectivity index (χ0n) is 10.8. The molecular formula is C12H15N3O3S. The lowest BCUT2D eigenvalue weighted by Gasteiger charge is -2.15. The van der Waals surface area contributed by atoms with Crippen molar-refractivity contribution in [2.45, 2.75) is 13.3 Å². The standard InChI is InChI=1S/C12H15N3O3S/c1-8(16)19-7-9-3-11(17)15(6-9)10-4-13-12(18-2)14-5-10/h4-5,9H,3,6-7H2,1-2H3. The van der Waals surface area contributed by atoms with E-state index in [9.17, 15) is 9.59 Å². The predicted octanol–water partition coefficient (Wildman–Crippen LogP) is 1.12. The number of hydrogen-bond donors (Lipinski definition) is 0. The van der Waals surface area contributed by atoms with E-state index in [1.807, 2.05) is 0 Å². The SMILES string of the molecule is COc1ncc(N2CC(CSC(C)=O)CC2=O)cn1. The number of thioether (sulfide) groups is 1. The second-order valence-electron chi connectivity index (χ2n) is 4.31. The Morgan fingerprint density at radius 2 is 2.21 bits per heavy atom. The van der Waals surface area contributed by atoms with Gasteiger partial charge in [-0.3, -0.25) is 9.59 Å². The summed E-state index contributed by atoms with van der Waals surface area (Å²) >= 11 is 1.26. The number of ether oxygens (including phenoxy) is 1.